The van der Waals surface area contributed by atoms with Gasteiger partial charge in [-0.2, -0.15) is 4.99 Å². The number of hydrogen-bond acceptors (Lipinski definition) is 5. The molecule has 2 amide bonds. The molecule has 7 nitrogen and oxygen atoms in total. The number of amides is 2. The van der Waals surface area contributed by atoms with E-state index in [1.165, 1.54) is 74.9 Å². The van der Waals surface area contributed by atoms with E-state index in [2.05, 4.69) is 88.6 Å². The lowest BCUT2D eigenvalue weighted by Gasteiger charge is -2.22. The summed E-state index contributed by atoms with van der Waals surface area (Å²) < 4.78 is 42.8. The van der Waals surface area contributed by atoms with Crippen LogP contribution in [0.3, 0.4) is 0 Å². The number of benzene rings is 3. The van der Waals surface area contributed by atoms with Gasteiger partial charge in [0.15, 0.2) is 5.82 Å². The van der Waals surface area contributed by atoms with Gasteiger partial charge >= 0.3 is 12.4 Å². The van der Waals surface area contributed by atoms with E-state index in [1.54, 1.807) is 0 Å². The third-order valence-electron chi connectivity index (χ3n) is 8.75. The van der Waals surface area contributed by atoms with Crippen LogP contribution in [0, 0.1) is 6.92 Å². The smallest absolute Gasteiger partial charge is 0.406 e. The molecule has 0 bridgehead atoms. The first-order valence-corrected chi connectivity index (χ1v) is 16.5. The van der Waals surface area contributed by atoms with E-state index in [9.17, 15) is 18.0 Å². The third-order valence-corrected chi connectivity index (χ3v) is 9.81. The van der Waals surface area contributed by atoms with Gasteiger partial charge < -0.3 is 10.1 Å². The molecule has 3 aromatic carbocycles. The highest BCUT2D eigenvalue weighted by Gasteiger charge is 2.32. The van der Waals surface area contributed by atoms with Gasteiger partial charge in [0.1, 0.15) is 12.1 Å². The quantitative estimate of drug-likeness (QED) is 0.214. The van der Waals surface area contributed by atoms with Crippen LogP contribution >= 0.6 is 11.8 Å². The van der Waals surface area contributed by atoms with Crippen molar-refractivity contribution in [3.8, 4) is 22.8 Å². The molecule has 3 atom stereocenters. The lowest BCUT2D eigenvalue weighted by atomic mass is 9.84. The Morgan fingerprint density at radius 1 is 1.04 bits per heavy atom. The molecule has 1 N–H and O–H groups in total. The van der Waals surface area contributed by atoms with E-state index in [0.29, 0.717) is 23.3 Å². The van der Waals surface area contributed by atoms with Crippen LogP contribution in [-0.4, -0.2) is 38.2 Å². The number of nitrogens with one attached hydrogen (secondary N) is 1. The Morgan fingerprint density at radius 3 is 2.49 bits per heavy atom. The van der Waals surface area contributed by atoms with Crippen molar-refractivity contribution in [3.63, 3.8) is 0 Å². The molecule has 6 rings (SSSR count). The predicted molar refractivity (Wildman–Crippen MR) is 179 cm³/mol. The van der Waals surface area contributed by atoms with Crippen molar-refractivity contribution < 1.29 is 22.7 Å². The molecule has 11 heteroatoms. The molecule has 1 aliphatic carbocycles. The molecule has 0 saturated heterocycles. The Labute approximate surface area is 276 Å². The molecule has 1 aromatic heterocycles. The number of nitrogens with zero attached hydrogens (tertiary/aromatic N) is 4. The first kappa shape index (κ1) is 32.6. The number of aliphatic imine (C=N–C) groups is 1. The summed E-state index contributed by atoms with van der Waals surface area (Å²) in [5, 5.41) is 10.6. The fraction of sp³-hybridized carbons (Fsp3) is 0.333. The summed E-state index contributed by atoms with van der Waals surface area (Å²) in [4.78, 5) is 22.1. The van der Waals surface area contributed by atoms with Crippen molar-refractivity contribution in [1.29, 1.82) is 0 Å². The summed E-state index contributed by atoms with van der Waals surface area (Å²) in [6.45, 7) is 8.66. The highest BCUT2D eigenvalue weighted by Crippen LogP contribution is 2.42. The molecule has 4 aromatic rings. The van der Waals surface area contributed by atoms with Crippen molar-refractivity contribution >= 4 is 22.8 Å². The third kappa shape index (κ3) is 7.45. The zero-order valence-corrected chi connectivity index (χ0v) is 27.4. The summed E-state index contributed by atoms with van der Waals surface area (Å²) >= 11 is 1.54. The highest BCUT2D eigenvalue weighted by atomic mass is 32.2. The number of carbonyl (C=O) groups excluding carboxylic acids is 1. The Hall–Kier alpha value is -4.38. The molecule has 1 fully saturated rings. The Morgan fingerprint density at radius 2 is 1.79 bits per heavy atom. The molecule has 47 heavy (non-hydrogen) atoms. The van der Waals surface area contributed by atoms with Gasteiger partial charge in [0.05, 0.1) is 16.6 Å². The van der Waals surface area contributed by atoms with E-state index in [0.717, 1.165) is 29.9 Å². The fourth-order valence-electron chi connectivity index (χ4n) is 6.64. The highest BCUT2D eigenvalue weighted by molar-refractivity contribution is 8.17. The number of alkyl halides is 3. The summed E-state index contributed by atoms with van der Waals surface area (Å²) in [5.41, 5.74) is 7.58. The number of halogens is 3. The fourth-order valence-corrected chi connectivity index (χ4v) is 7.67. The number of urea groups is 1. The van der Waals surface area contributed by atoms with Crippen LogP contribution in [0.2, 0.25) is 0 Å². The number of hydrogen-bond donors (Lipinski definition) is 1. The summed E-state index contributed by atoms with van der Waals surface area (Å²) in [6, 6.07) is 19.7. The second kappa shape index (κ2) is 13.4. The molecule has 2 aliphatic rings. The Bertz CT molecular complexity index is 1810. The van der Waals surface area contributed by atoms with Gasteiger partial charge in [-0.05, 0) is 96.9 Å². The lowest BCUT2D eigenvalue weighted by molar-refractivity contribution is -0.274. The Kier molecular flexibility index (Phi) is 9.27. The second-order valence-corrected chi connectivity index (χ2v) is 13.3. The maximum atomic E-state index is 13.1. The summed E-state index contributed by atoms with van der Waals surface area (Å²) in [6.07, 6.45) is -0.553. The van der Waals surface area contributed by atoms with Gasteiger partial charge in [-0.15, -0.1) is 18.3 Å². The number of aryl methyl sites for hydroxylation is 1. The van der Waals surface area contributed by atoms with Crippen molar-refractivity contribution in [3.05, 3.63) is 106 Å². The average Bonchev–Trinajstić information content (AvgIpc) is 3.77. The number of carbonyl (C=O) groups is 1. The van der Waals surface area contributed by atoms with Crippen LogP contribution in [0.25, 0.3) is 17.1 Å². The van der Waals surface area contributed by atoms with E-state index in [1.807, 2.05) is 12.1 Å². The van der Waals surface area contributed by atoms with Crippen LogP contribution in [0.5, 0.6) is 5.75 Å². The molecule has 2 heterocycles. The lowest BCUT2D eigenvalue weighted by Crippen LogP contribution is -2.31. The minimum Gasteiger partial charge on any atom is -0.406 e. The van der Waals surface area contributed by atoms with Crippen LogP contribution in [0.4, 0.5) is 18.0 Å². The number of rotatable bonds is 7. The first-order valence-electron chi connectivity index (χ1n) is 15.6. The normalized spacial score (nSPS) is 20.6. The number of thioether (sulfide) groups is 1. The van der Waals surface area contributed by atoms with Gasteiger partial charge in [0, 0.05) is 11.6 Å². The van der Waals surface area contributed by atoms with E-state index >= 15 is 0 Å². The average molecular weight is 660 g/mol. The predicted octanol–water partition coefficient (Wildman–Crippen LogP) is 9.44. The van der Waals surface area contributed by atoms with Crippen LogP contribution < -0.4 is 10.1 Å². The largest absolute Gasteiger partial charge is 0.573 e. The van der Waals surface area contributed by atoms with Crippen molar-refractivity contribution in [2.45, 2.75) is 77.1 Å². The zero-order valence-electron chi connectivity index (χ0n) is 26.6. The van der Waals surface area contributed by atoms with E-state index < -0.39 is 6.36 Å². The molecule has 1 aliphatic heterocycles. The van der Waals surface area contributed by atoms with Gasteiger partial charge in [-0.1, -0.05) is 73.6 Å². The molecular formula is C36H36F3N5O2S. The molecule has 244 valence electrons. The standard InChI is InChI=1S/C36H36F3N5O2S/c1-21(2)31-22(3)6-5-7-30(31)32-23(4)19-47-34(32)42-35(45)41-27-13-12-26(18-27)24-8-10-25(11-9-24)33-40-20-44(43-33)28-14-16-29(17-15-28)46-36(37,38)39/h5-11,14-17,19-21,26-27,32H,12-13,18H2,1-4H3,(H,41,45)/b42-34-. The molecule has 3 unspecified atom stereocenters. The molecule has 0 radical (unpaired) electrons. The van der Waals surface area contributed by atoms with Gasteiger partial charge in [0.2, 0.25) is 0 Å². The van der Waals surface area contributed by atoms with Crippen molar-refractivity contribution in [2.24, 2.45) is 4.99 Å². The van der Waals surface area contributed by atoms with E-state index in [-0.39, 0.29) is 23.7 Å². The molecular weight excluding hydrogens is 623 g/mol. The van der Waals surface area contributed by atoms with Crippen LogP contribution in [-0.2, 0) is 0 Å². The van der Waals surface area contributed by atoms with E-state index in [4.69, 9.17) is 0 Å². The monoisotopic (exact) mass is 659 g/mol. The van der Waals surface area contributed by atoms with Gasteiger partial charge in [-0.3, -0.25) is 0 Å². The number of aromatic nitrogens is 3. The summed E-state index contributed by atoms with van der Waals surface area (Å²) in [7, 11) is 0. The summed E-state index contributed by atoms with van der Waals surface area (Å²) in [5.74, 6) is 0.877. The van der Waals surface area contributed by atoms with Crippen molar-refractivity contribution in [2.75, 3.05) is 0 Å². The molecule has 0 spiro atoms. The maximum Gasteiger partial charge on any atom is 0.573 e. The Balaban J connectivity index is 1.07. The van der Waals surface area contributed by atoms with Gasteiger partial charge in [0.25, 0.3) is 0 Å². The minimum atomic E-state index is -4.74. The minimum absolute atomic E-state index is 0.00260. The zero-order chi connectivity index (χ0) is 33.3. The molecule has 1 saturated carbocycles. The number of ether oxygens (including phenoxy) is 1. The first-order chi connectivity index (χ1) is 22.4. The van der Waals surface area contributed by atoms with Crippen LogP contribution in [0.1, 0.15) is 80.0 Å². The topological polar surface area (TPSA) is 81.4 Å². The van der Waals surface area contributed by atoms with Gasteiger partial charge in [-0.25, -0.2) is 14.5 Å². The number of allylic oxidation sites excluding steroid dienone is 1. The van der Waals surface area contributed by atoms with Crippen molar-refractivity contribution in [1.82, 2.24) is 20.1 Å². The SMILES string of the molecule is CC1=CS/C(=N\C(=O)NC2CCC(c3ccc(-c4ncn(-c5ccc(OC(F)(F)F)cc5)n4)cc3)C2)C1c1cccc(C)c1C(C)C. The second-order valence-electron chi connectivity index (χ2n) is 12.4. The van der Waals surface area contributed by atoms with Crippen LogP contribution in [0.15, 0.2) is 89.0 Å². The maximum absolute atomic E-state index is 13.1.